The van der Waals surface area contributed by atoms with Crippen molar-refractivity contribution in [3.05, 3.63) is 48.5 Å². The molecular weight excluding hydrogens is 604 g/mol. The van der Waals surface area contributed by atoms with Crippen molar-refractivity contribution in [2.24, 2.45) is 0 Å². The molecule has 2 rings (SSSR count). The Labute approximate surface area is 268 Å². The van der Waals surface area contributed by atoms with Gasteiger partial charge in [0.25, 0.3) is 0 Å². The van der Waals surface area contributed by atoms with Crippen molar-refractivity contribution < 1.29 is 38.1 Å². The summed E-state index contributed by atoms with van der Waals surface area (Å²) in [6.45, 7) is 20.6. The summed E-state index contributed by atoms with van der Waals surface area (Å²) in [6, 6.07) is 13.6. The zero-order valence-electron chi connectivity index (χ0n) is 27.6. The summed E-state index contributed by atoms with van der Waals surface area (Å²) in [5.41, 5.74) is -2.63. The van der Waals surface area contributed by atoms with E-state index in [0.717, 1.165) is 19.6 Å². The quantitative estimate of drug-likeness (QED) is 0.229. The Morgan fingerprint density at radius 3 is 0.818 bits per heavy atom. The molecule has 12 heteroatoms. The van der Waals surface area contributed by atoms with Crippen LogP contribution in [0.2, 0.25) is 0 Å². The van der Waals surface area contributed by atoms with Crippen molar-refractivity contribution in [1.29, 1.82) is 0 Å². The molecule has 0 aliphatic heterocycles. The molecule has 0 aromatic heterocycles. The first-order valence-electron chi connectivity index (χ1n) is 14.0. The maximum absolute atomic E-state index is 12.9. The molecule has 2 aromatic rings. The van der Waals surface area contributed by atoms with Crippen LogP contribution in [-0.2, 0) is 18.9 Å². The number of ether oxygens (including phenoxy) is 4. The van der Waals surface area contributed by atoms with Gasteiger partial charge >= 0.3 is 24.4 Å². The molecule has 0 unspecified atom stereocenters. The van der Waals surface area contributed by atoms with E-state index < -0.39 is 46.8 Å². The SMILES string of the molecule is CC(C)(C)OC(=O)N(C(=O)OC(C)(C)C)c1ccc(SSc2ccc(N(C(=O)OC(C)(C)C)C(=O)OC(C)(C)C)cc2)cc1. The zero-order chi connectivity index (χ0) is 33.7. The molecule has 242 valence electrons. The molecule has 44 heavy (non-hydrogen) atoms. The minimum Gasteiger partial charge on any atom is -0.443 e. The topological polar surface area (TPSA) is 112 Å². The summed E-state index contributed by atoms with van der Waals surface area (Å²) in [4.78, 5) is 55.1. The standard InChI is InChI=1S/C32H44N2O8S2/c1-29(2,3)39-25(35)33(26(36)40-30(4,5)6)21-13-17-23(18-14-21)43-44-24-19-15-22(16-20-24)34(27(37)41-31(7,8)9)28(38)42-32(10,11)12/h13-20H,1-12H3. The second kappa shape index (κ2) is 14.2. The van der Waals surface area contributed by atoms with Crippen LogP contribution in [0.3, 0.4) is 0 Å². The number of carbonyl (C=O) groups is 4. The lowest BCUT2D eigenvalue weighted by molar-refractivity contribution is 0.0408. The molecular formula is C32H44N2O8S2. The Bertz CT molecular complexity index is 1160. The average molecular weight is 649 g/mol. The predicted octanol–water partition coefficient (Wildman–Crippen LogP) is 9.84. The first kappa shape index (κ1) is 36.8. The van der Waals surface area contributed by atoms with E-state index in [0.29, 0.717) is 11.4 Å². The van der Waals surface area contributed by atoms with Crippen LogP contribution in [0.5, 0.6) is 0 Å². The molecule has 4 amide bonds. The maximum atomic E-state index is 12.9. The van der Waals surface area contributed by atoms with Gasteiger partial charge in [-0.25, -0.2) is 19.2 Å². The summed E-state index contributed by atoms with van der Waals surface area (Å²) < 4.78 is 21.8. The Kier molecular flexibility index (Phi) is 11.8. The van der Waals surface area contributed by atoms with Gasteiger partial charge in [-0.3, -0.25) is 0 Å². The van der Waals surface area contributed by atoms with E-state index >= 15 is 0 Å². The molecule has 0 saturated carbocycles. The smallest absolute Gasteiger partial charge is 0.424 e. The Balaban J connectivity index is 2.21. The number of anilines is 2. The number of hydrogen-bond acceptors (Lipinski definition) is 10. The lowest BCUT2D eigenvalue weighted by Gasteiger charge is -2.28. The normalized spacial score (nSPS) is 12.2. The second-order valence-corrected chi connectivity index (χ2v) is 16.0. The summed E-state index contributed by atoms with van der Waals surface area (Å²) in [5.74, 6) is 0. The van der Waals surface area contributed by atoms with E-state index in [1.165, 1.54) is 21.6 Å². The van der Waals surface area contributed by atoms with Gasteiger partial charge in [0, 0.05) is 9.79 Å². The molecule has 0 N–H and O–H groups in total. The number of nitrogens with zero attached hydrogens (tertiary/aromatic N) is 2. The van der Waals surface area contributed by atoms with Gasteiger partial charge in [0.05, 0.1) is 11.4 Å². The number of benzene rings is 2. The maximum Gasteiger partial charge on any atom is 0.424 e. The van der Waals surface area contributed by atoms with Gasteiger partial charge in [-0.1, -0.05) is 21.6 Å². The van der Waals surface area contributed by atoms with E-state index in [1.54, 1.807) is 132 Å². The lowest BCUT2D eigenvalue weighted by Crippen LogP contribution is -2.43. The third kappa shape index (κ3) is 12.7. The van der Waals surface area contributed by atoms with E-state index in [2.05, 4.69) is 0 Å². The Morgan fingerprint density at radius 2 is 0.636 bits per heavy atom. The van der Waals surface area contributed by atoms with Crippen LogP contribution in [-0.4, -0.2) is 46.8 Å². The van der Waals surface area contributed by atoms with Gasteiger partial charge in [0.1, 0.15) is 22.4 Å². The number of amides is 4. The molecule has 2 aromatic carbocycles. The van der Waals surface area contributed by atoms with Gasteiger partial charge < -0.3 is 18.9 Å². The van der Waals surface area contributed by atoms with Gasteiger partial charge in [-0.2, -0.15) is 9.80 Å². The van der Waals surface area contributed by atoms with Crippen LogP contribution in [0, 0.1) is 0 Å². The molecule has 0 aliphatic carbocycles. The summed E-state index contributed by atoms with van der Waals surface area (Å²) in [7, 11) is 2.88. The third-order valence-electron chi connectivity index (χ3n) is 4.73. The summed E-state index contributed by atoms with van der Waals surface area (Å²) in [6.07, 6.45) is -3.36. The molecule has 0 radical (unpaired) electrons. The average Bonchev–Trinajstić information content (AvgIpc) is 2.80. The highest BCUT2D eigenvalue weighted by Crippen LogP contribution is 2.39. The number of imide groups is 2. The van der Waals surface area contributed by atoms with Crippen molar-refractivity contribution in [2.75, 3.05) is 9.80 Å². The van der Waals surface area contributed by atoms with E-state index in [4.69, 9.17) is 18.9 Å². The van der Waals surface area contributed by atoms with Gasteiger partial charge in [0.15, 0.2) is 0 Å². The van der Waals surface area contributed by atoms with Crippen molar-refractivity contribution in [2.45, 2.75) is 115 Å². The highest BCUT2D eigenvalue weighted by molar-refractivity contribution is 8.76. The Morgan fingerprint density at radius 1 is 0.432 bits per heavy atom. The largest absolute Gasteiger partial charge is 0.443 e. The molecule has 0 atom stereocenters. The third-order valence-corrected chi connectivity index (χ3v) is 7.15. The van der Waals surface area contributed by atoms with Crippen LogP contribution in [0.15, 0.2) is 58.3 Å². The molecule has 10 nitrogen and oxygen atoms in total. The second-order valence-electron chi connectivity index (χ2n) is 13.7. The summed E-state index contributed by atoms with van der Waals surface area (Å²) in [5, 5.41) is 0. The highest BCUT2D eigenvalue weighted by Gasteiger charge is 2.34. The van der Waals surface area contributed by atoms with Crippen LogP contribution in [0.4, 0.5) is 30.6 Å². The van der Waals surface area contributed by atoms with Gasteiger partial charge in [-0.15, -0.1) is 0 Å². The fraction of sp³-hybridized carbons (Fsp3) is 0.500. The van der Waals surface area contributed by atoms with E-state index in [-0.39, 0.29) is 0 Å². The van der Waals surface area contributed by atoms with Crippen molar-refractivity contribution in [3.8, 4) is 0 Å². The molecule has 0 spiro atoms. The fourth-order valence-corrected chi connectivity index (χ4v) is 5.13. The van der Waals surface area contributed by atoms with Crippen molar-refractivity contribution >= 4 is 57.3 Å². The first-order chi connectivity index (χ1) is 19.9. The molecule has 0 aliphatic rings. The van der Waals surface area contributed by atoms with E-state index in [1.807, 2.05) is 0 Å². The Hall–Kier alpha value is -3.38. The predicted molar refractivity (Wildman–Crippen MR) is 174 cm³/mol. The number of hydrogen-bond donors (Lipinski definition) is 0. The minimum atomic E-state index is -0.839. The van der Waals surface area contributed by atoms with Crippen LogP contribution in [0.1, 0.15) is 83.1 Å². The summed E-state index contributed by atoms with van der Waals surface area (Å²) >= 11 is 0. The first-order valence-corrected chi connectivity index (χ1v) is 16.2. The van der Waals surface area contributed by atoms with Crippen LogP contribution < -0.4 is 9.80 Å². The number of rotatable bonds is 5. The molecule has 0 bridgehead atoms. The molecule has 0 saturated heterocycles. The van der Waals surface area contributed by atoms with E-state index in [9.17, 15) is 19.2 Å². The van der Waals surface area contributed by atoms with Crippen molar-refractivity contribution in [1.82, 2.24) is 0 Å². The van der Waals surface area contributed by atoms with Gasteiger partial charge in [-0.05, 0) is 132 Å². The minimum absolute atomic E-state index is 0.302. The van der Waals surface area contributed by atoms with Crippen molar-refractivity contribution in [3.63, 3.8) is 0 Å². The molecule has 0 heterocycles. The number of carbonyl (C=O) groups excluding carboxylic acids is 4. The highest BCUT2D eigenvalue weighted by atomic mass is 33.1. The monoisotopic (exact) mass is 648 g/mol. The lowest BCUT2D eigenvalue weighted by atomic mass is 10.2. The van der Waals surface area contributed by atoms with Crippen LogP contribution in [0.25, 0.3) is 0 Å². The van der Waals surface area contributed by atoms with Crippen LogP contribution >= 0.6 is 21.6 Å². The van der Waals surface area contributed by atoms with Gasteiger partial charge in [0.2, 0.25) is 0 Å². The molecule has 0 fully saturated rings. The zero-order valence-corrected chi connectivity index (χ0v) is 29.2. The fourth-order valence-electron chi connectivity index (χ4n) is 3.20.